The number of nitrogens with zero attached hydrogens (tertiary/aromatic N) is 2. The Kier molecular flexibility index (Phi) is 30.7. The summed E-state index contributed by atoms with van der Waals surface area (Å²) in [5.41, 5.74) is 20.5. The number of fused-ring (bicyclic) bond motifs is 16. The zero-order valence-corrected chi connectivity index (χ0v) is 91.2. The summed E-state index contributed by atoms with van der Waals surface area (Å²) in [7, 11) is 0. The number of rotatable bonds is 48. The third-order valence-corrected chi connectivity index (χ3v) is 38.1. The van der Waals surface area contributed by atoms with Gasteiger partial charge in [-0.25, -0.2) is 9.97 Å². The van der Waals surface area contributed by atoms with Crippen molar-refractivity contribution in [3.63, 3.8) is 0 Å². The fourth-order valence-corrected chi connectivity index (χ4v) is 31.1. The van der Waals surface area contributed by atoms with E-state index in [-0.39, 0.29) is 11.6 Å². The largest absolute Gasteiger partial charge is 0.477 e. The lowest BCUT2D eigenvalue weighted by atomic mass is 9.66. The number of carbonyl (C=O) groups is 2. The van der Waals surface area contributed by atoms with Gasteiger partial charge in [0.05, 0.1) is 76.5 Å². The van der Waals surface area contributed by atoms with Crippen LogP contribution in [-0.2, 0) is 36.5 Å². The van der Waals surface area contributed by atoms with E-state index in [1.165, 1.54) is 203 Å². The van der Waals surface area contributed by atoms with Crippen LogP contribution < -0.4 is 9.47 Å². The zero-order chi connectivity index (χ0) is 102. The van der Waals surface area contributed by atoms with Gasteiger partial charge in [-0.3, -0.25) is 9.59 Å². The van der Waals surface area contributed by atoms with E-state index < -0.39 is 10.8 Å². The second-order valence-electron chi connectivity index (χ2n) is 42.7. The van der Waals surface area contributed by atoms with Gasteiger partial charge in [-0.1, -0.05) is 391 Å². The summed E-state index contributed by atoms with van der Waals surface area (Å²) in [5.74, 6) is 13.2. The Bertz CT molecular complexity index is 7540. The highest BCUT2D eigenvalue weighted by Gasteiger charge is 2.54. The first-order chi connectivity index (χ1) is 72.8. The number of unbranched alkanes of at least 4 members (excludes halogenated alkanes) is 20. The summed E-state index contributed by atoms with van der Waals surface area (Å²) < 4.78 is 18.3. The van der Waals surface area contributed by atoms with Crippen LogP contribution in [0.4, 0.5) is 0 Å². The van der Waals surface area contributed by atoms with Crippen LogP contribution in [-0.4, -0.2) is 34.7 Å². The molecule has 0 spiro atoms. The molecule has 0 radical (unpaired) electrons. The molecule has 6 heterocycles. The van der Waals surface area contributed by atoms with Crippen molar-refractivity contribution in [2.45, 2.75) is 297 Å². The number of allylic oxidation sites excluding steroid dienone is 6. The number of Topliss-reactive ketones (excluding diaryl/α,β-unsaturated/α-hetero) is 2. The monoisotopic (exact) mass is 2010 g/mol. The molecule has 0 fully saturated rings. The number of ether oxygens (including phenoxy) is 2. The van der Waals surface area contributed by atoms with Crippen molar-refractivity contribution in [3.05, 3.63) is 303 Å². The Balaban J connectivity index is 0.913. The van der Waals surface area contributed by atoms with E-state index >= 15 is 9.59 Å². The van der Waals surface area contributed by atoms with Crippen LogP contribution in [0.25, 0.3) is 128 Å². The van der Waals surface area contributed by atoms with Crippen LogP contribution in [0.1, 0.15) is 369 Å². The average molecular weight is 2020 g/mol. The van der Waals surface area contributed by atoms with Crippen LogP contribution in [0.5, 0.6) is 11.8 Å². The van der Waals surface area contributed by atoms with Gasteiger partial charge in [0.25, 0.3) is 0 Å². The number of aromatic nitrogens is 2. The molecule has 748 valence electrons. The molecule has 11 aromatic carbocycles. The van der Waals surface area contributed by atoms with Crippen LogP contribution in [0, 0.1) is 61.2 Å². The molecule has 0 saturated carbocycles. The number of benzene rings is 11. The molecule has 4 aliphatic rings. The first kappa shape index (κ1) is 101. The molecule has 0 aliphatic heterocycles. The van der Waals surface area contributed by atoms with Gasteiger partial charge in [0.1, 0.15) is 0 Å². The van der Waals surface area contributed by atoms with Gasteiger partial charge in [0, 0.05) is 95.7 Å². The molecule has 17 aromatic rings. The van der Waals surface area contributed by atoms with Gasteiger partial charge >= 0.3 is 0 Å². The molecule has 6 nitrogen and oxygen atoms in total. The number of pyridine rings is 2. The van der Waals surface area contributed by atoms with Crippen molar-refractivity contribution in [1.29, 1.82) is 0 Å². The normalized spacial score (nSPS) is 14.8. The average Bonchev–Trinajstić information content (AvgIpc) is 1.43. The number of hydrogen-bond acceptors (Lipinski definition) is 10. The van der Waals surface area contributed by atoms with Crippen LogP contribution >= 0.6 is 45.3 Å². The van der Waals surface area contributed by atoms with Gasteiger partial charge in [-0.2, -0.15) is 0 Å². The predicted molar refractivity (Wildman–Crippen MR) is 634 cm³/mol. The smallest absolute Gasteiger partial charge is 0.223 e. The molecule has 10 heteroatoms. The minimum atomic E-state index is -0.947. The number of terminal acetylenes is 4. The topological polar surface area (TPSA) is 78.4 Å². The molecule has 0 bridgehead atoms. The minimum Gasteiger partial charge on any atom is -0.477 e. The van der Waals surface area contributed by atoms with Crippen molar-refractivity contribution in [3.8, 4) is 80.6 Å². The lowest BCUT2D eigenvalue weighted by Gasteiger charge is -2.34. The number of thiophene rings is 4. The predicted octanol–water partition coefficient (Wildman–Crippen LogP) is 38.4. The summed E-state index contributed by atoms with van der Waals surface area (Å²) in [6.07, 6.45) is 70.7. The van der Waals surface area contributed by atoms with E-state index in [1.54, 1.807) is 22.7 Å². The lowest BCUT2D eigenvalue weighted by molar-refractivity contribution is 0.103. The summed E-state index contributed by atoms with van der Waals surface area (Å²) in [4.78, 5) is 50.0. The van der Waals surface area contributed by atoms with Gasteiger partial charge in [-0.15, -0.1) is 71.0 Å². The Morgan fingerprint density at radius 3 is 0.953 bits per heavy atom. The third-order valence-electron chi connectivity index (χ3n) is 33.2. The molecule has 0 N–H and O–H groups in total. The first-order valence-electron chi connectivity index (χ1n) is 56.2. The fourth-order valence-electron chi connectivity index (χ4n) is 25.7. The highest BCUT2D eigenvalue weighted by atomic mass is 32.1. The molecule has 4 aliphatic carbocycles. The third kappa shape index (κ3) is 17.9. The molecule has 2 unspecified atom stereocenters. The highest BCUT2D eigenvalue weighted by molar-refractivity contribution is 7.28. The summed E-state index contributed by atoms with van der Waals surface area (Å²) in [6.45, 7) is 19.5. The van der Waals surface area contributed by atoms with E-state index in [1.807, 2.05) is 71.2 Å². The molecule has 21 rings (SSSR count). The fraction of sp³-hybridized carbons (Fsp3) is 0.362. The Hall–Kier alpha value is -12.5. The molecular weight excluding hydrogens is 1880 g/mol. The van der Waals surface area contributed by atoms with E-state index in [9.17, 15) is 0 Å². The summed E-state index contributed by atoms with van der Waals surface area (Å²) in [6, 6.07) is 69.3. The van der Waals surface area contributed by atoms with Crippen LogP contribution in [0.3, 0.4) is 0 Å². The molecule has 2 atom stereocenters. The maximum Gasteiger partial charge on any atom is 0.223 e. The summed E-state index contributed by atoms with van der Waals surface area (Å²) in [5, 5.41) is 13.6. The van der Waals surface area contributed by atoms with Gasteiger partial charge in [0.2, 0.25) is 11.8 Å². The van der Waals surface area contributed by atoms with Crippen LogP contribution in [0.15, 0.2) is 204 Å². The number of ketones is 2. The molecule has 148 heavy (non-hydrogen) atoms. The Labute approximate surface area is 893 Å². The minimum absolute atomic E-state index is 0.0917. The van der Waals surface area contributed by atoms with E-state index in [4.69, 9.17) is 45.1 Å². The number of hydrogen-bond donors (Lipinski definition) is 0. The SMILES string of the molecule is C#CC(C#C)=C1/C(=C/c2cc3c(s2)-c2sc4c(c2C3(c2ccc(CCCCCC)cc2)c2ccc(CCCCCC)cc2)c2ccc3nc(OCC(CCCC)CCCCCC)c5c6sc7c(c6c6ccc8nc(OCC(CCCC)CCCCCC)c4c4c8c6c5c3c24)C(c2ccc(CCCCCC)cc2)(c2ccc(CCCCCC)cc2)c2cc(/C=C3\C(=O)c4ccccc4C3=C(C#C)C#C)sc2-7)C(=O)c2ccccc21. The number of carbonyl (C=O) groups excluding carboxylic acids is 2. The van der Waals surface area contributed by atoms with Crippen molar-refractivity contribution in [1.82, 2.24) is 9.97 Å². The van der Waals surface area contributed by atoms with Crippen molar-refractivity contribution in [2.75, 3.05) is 13.2 Å². The molecular formula is C138H138N2O4S4. The molecule has 0 saturated heterocycles. The molecule has 0 amide bonds. The first-order valence-corrected chi connectivity index (χ1v) is 59.4. The molecule has 6 aromatic heterocycles. The lowest BCUT2D eigenvalue weighted by Crippen LogP contribution is -2.28. The van der Waals surface area contributed by atoms with E-state index in [0.717, 1.165) is 221 Å². The summed E-state index contributed by atoms with van der Waals surface area (Å²) >= 11 is 7.35. The Morgan fingerprint density at radius 1 is 0.324 bits per heavy atom. The standard InChI is InChI=1S/C138H138N2O4S4/c1-13-25-33-39-51-87-61-69-95(70-62-87)137(96-71-63-88(64-72-96)52-40-34-26-14-2)109-83-99(81-107-113(93(21-9)22-10)101-57-45-47-59-103(101)127(107)141)145-129(109)133-125(137)117-105-77-79-111-119-115(105)121-120-112(139-135(123(121)131(117)147-133)143-85-91(49-31-19-7)55-43-37-29-17-5)80-78-106-116(120)122(119)124(136(140-111)144-86-92(50-32-20-8)56-44-38-30-18-6)132-118(106)126-134(148-132)130-110(84-100(146-130)82-108-114(94(23-11)24-12)102-58-46-48-60-104(102)128(108)142)138(126,97-73-65-89(66-74-97)53-41-35-27-15-3)98-75-67-90(68-76-98)54-42-36-28-16-4/h9-12,45-48,57-84,91-92H,13-20,25-44,49-56,85-86H2,1-8H3/b107-81-,108-82-. The van der Waals surface area contributed by atoms with Crippen LogP contribution in [0.2, 0.25) is 0 Å². The van der Waals surface area contributed by atoms with Crippen molar-refractivity contribution >= 4 is 165 Å². The van der Waals surface area contributed by atoms with Gasteiger partial charge < -0.3 is 9.47 Å². The van der Waals surface area contributed by atoms with Crippen molar-refractivity contribution < 1.29 is 19.1 Å². The van der Waals surface area contributed by atoms with E-state index in [2.05, 4.69) is 225 Å². The maximum absolute atomic E-state index is 15.4. The van der Waals surface area contributed by atoms with Crippen molar-refractivity contribution in [2.24, 2.45) is 11.8 Å². The second kappa shape index (κ2) is 44.7. The number of aryl methyl sites for hydroxylation is 4. The van der Waals surface area contributed by atoms with E-state index in [0.29, 0.717) is 81.4 Å². The Morgan fingerprint density at radius 2 is 0.635 bits per heavy atom. The quantitative estimate of drug-likeness (QED) is 0.0124. The van der Waals surface area contributed by atoms with Gasteiger partial charge in [-0.05, 0) is 214 Å². The van der Waals surface area contributed by atoms with Gasteiger partial charge in [0.15, 0.2) is 11.6 Å². The maximum atomic E-state index is 15.4. The highest BCUT2D eigenvalue weighted by Crippen LogP contribution is 2.70. The zero-order valence-electron chi connectivity index (χ0n) is 88.0. The second-order valence-corrected chi connectivity index (χ2v) is 46.9.